The van der Waals surface area contributed by atoms with Gasteiger partial charge in [-0.15, -0.1) is 24.0 Å². The lowest BCUT2D eigenvalue weighted by Gasteiger charge is -2.27. The second-order valence-corrected chi connectivity index (χ2v) is 8.30. The van der Waals surface area contributed by atoms with E-state index in [1.54, 1.807) is 0 Å². The van der Waals surface area contributed by atoms with Crippen molar-refractivity contribution in [1.82, 2.24) is 15.5 Å². The third-order valence-corrected chi connectivity index (χ3v) is 5.92. The van der Waals surface area contributed by atoms with Crippen LogP contribution in [0.2, 0.25) is 0 Å². The van der Waals surface area contributed by atoms with Gasteiger partial charge in [0.2, 0.25) is 5.91 Å². The summed E-state index contributed by atoms with van der Waals surface area (Å²) in [4.78, 5) is 18.9. The summed E-state index contributed by atoms with van der Waals surface area (Å²) in [5, 5.41) is 6.75. The van der Waals surface area contributed by atoms with E-state index in [9.17, 15) is 4.79 Å². The Bertz CT molecular complexity index is 787. The number of likely N-dealkylation sites (tertiary alicyclic amines) is 1. The van der Waals surface area contributed by atoms with Crippen LogP contribution >= 0.6 is 24.0 Å². The Morgan fingerprint density at radius 2 is 2.12 bits per heavy atom. The van der Waals surface area contributed by atoms with Crippen LogP contribution < -0.4 is 20.1 Å². The Kier molecular flexibility index (Phi) is 10.9. The summed E-state index contributed by atoms with van der Waals surface area (Å²) in [6, 6.07) is 4.47. The molecule has 1 fully saturated rings. The second kappa shape index (κ2) is 13.1. The highest BCUT2D eigenvalue weighted by Gasteiger charge is 2.26. The first-order chi connectivity index (χ1) is 15.0. The van der Waals surface area contributed by atoms with Gasteiger partial charge in [0, 0.05) is 49.6 Å². The summed E-state index contributed by atoms with van der Waals surface area (Å²) < 4.78 is 11.8. The van der Waals surface area contributed by atoms with E-state index in [-0.39, 0.29) is 30.1 Å². The van der Waals surface area contributed by atoms with Crippen LogP contribution in [0.5, 0.6) is 11.5 Å². The smallest absolute Gasteiger partial charge is 0.222 e. The van der Waals surface area contributed by atoms with Gasteiger partial charge in [-0.3, -0.25) is 4.79 Å². The Hall–Kier alpha value is -1.71. The minimum atomic E-state index is 0. The molecule has 2 aliphatic rings. The number of rotatable bonds is 10. The summed E-state index contributed by atoms with van der Waals surface area (Å²) in [5.41, 5.74) is 2.23. The molecular formula is C24H39IN4O3. The van der Waals surface area contributed by atoms with Crippen molar-refractivity contribution in [3.8, 4) is 11.5 Å². The number of guanidine groups is 1. The number of nitrogens with zero attached hydrogens (tertiary/aromatic N) is 2. The van der Waals surface area contributed by atoms with Crippen molar-refractivity contribution >= 4 is 35.8 Å². The monoisotopic (exact) mass is 558 g/mol. The number of carbonyl (C=O) groups excluding carboxylic acids is 1. The Morgan fingerprint density at radius 3 is 2.78 bits per heavy atom. The van der Waals surface area contributed by atoms with Crippen LogP contribution in [0.15, 0.2) is 17.1 Å². The highest BCUT2D eigenvalue weighted by Crippen LogP contribution is 2.35. The SMILES string of the molecule is CCNC(=NCc1cc2c(cc1OCC)CC(C)O2)NCCC(CC)N1CCCC1=O.I. The van der Waals surface area contributed by atoms with Gasteiger partial charge >= 0.3 is 0 Å². The van der Waals surface area contributed by atoms with E-state index in [1.807, 2.05) is 11.8 Å². The van der Waals surface area contributed by atoms with E-state index in [2.05, 4.69) is 43.5 Å². The number of hydrogen-bond acceptors (Lipinski definition) is 4. The molecule has 2 atom stereocenters. The van der Waals surface area contributed by atoms with Crippen molar-refractivity contribution in [3.05, 3.63) is 23.3 Å². The number of benzene rings is 1. The molecule has 8 heteroatoms. The van der Waals surface area contributed by atoms with Crippen LogP contribution in [-0.2, 0) is 17.8 Å². The van der Waals surface area contributed by atoms with E-state index in [4.69, 9.17) is 14.5 Å². The lowest BCUT2D eigenvalue weighted by Crippen LogP contribution is -2.42. The molecule has 3 rings (SSSR count). The Morgan fingerprint density at radius 1 is 1.31 bits per heavy atom. The zero-order valence-corrected chi connectivity index (χ0v) is 22.2. The number of carbonyl (C=O) groups is 1. The van der Waals surface area contributed by atoms with E-state index in [0.29, 0.717) is 31.5 Å². The Labute approximate surface area is 209 Å². The average molecular weight is 559 g/mol. The van der Waals surface area contributed by atoms with Crippen LogP contribution in [0.4, 0.5) is 0 Å². The van der Waals surface area contributed by atoms with E-state index in [1.165, 1.54) is 5.56 Å². The number of hydrogen-bond donors (Lipinski definition) is 2. The second-order valence-electron chi connectivity index (χ2n) is 8.30. The minimum absolute atomic E-state index is 0. The first kappa shape index (κ1) is 26.5. The van der Waals surface area contributed by atoms with Gasteiger partial charge in [0.05, 0.1) is 13.2 Å². The normalized spacial score (nSPS) is 18.6. The zero-order chi connectivity index (χ0) is 22.2. The van der Waals surface area contributed by atoms with Crippen molar-refractivity contribution in [1.29, 1.82) is 0 Å². The van der Waals surface area contributed by atoms with Crippen LogP contribution in [-0.4, -0.2) is 55.2 Å². The fourth-order valence-corrected chi connectivity index (χ4v) is 4.39. The molecule has 1 aromatic rings. The van der Waals surface area contributed by atoms with Gasteiger partial charge in [0.25, 0.3) is 0 Å². The number of halogens is 1. The highest BCUT2D eigenvalue weighted by molar-refractivity contribution is 14.0. The lowest BCUT2D eigenvalue weighted by molar-refractivity contribution is -0.129. The predicted octanol–water partition coefficient (Wildman–Crippen LogP) is 3.87. The average Bonchev–Trinajstić information content (AvgIpc) is 3.33. The molecule has 7 nitrogen and oxygen atoms in total. The highest BCUT2D eigenvalue weighted by atomic mass is 127. The molecule has 0 radical (unpaired) electrons. The molecule has 0 aliphatic carbocycles. The standard InChI is InChI=1S/C24H38N4O3.HI/c1-5-20(28-12-8-9-23(28)29)10-11-26-24(25-6-2)27-16-19-15-22-18(13-17(4)31-22)14-21(19)30-7-3;/h14-15,17,20H,5-13,16H2,1-4H3,(H2,25,26,27);1H. The number of nitrogens with one attached hydrogen (secondary N) is 2. The summed E-state index contributed by atoms with van der Waals surface area (Å²) in [7, 11) is 0. The summed E-state index contributed by atoms with van der Waals surface area (Å²) in [5.74, 6) is 2.91. The zero-order valence-electron chi connectivity index (χ0n) is 19.9. The van der Waals surface area contributed by atoms with Crippen molar-refractivity contribution in [2.24, 2.45) is 4.99 Å². The van der Waals surface area contributed by atoms with Gasteiger partial charge in [-0.1, -0.05) is 6.92 Å². The number of aliphatic imine (C=N–C) groups is 1. The fraction of sp³-hybridized carbons (Fsp3) is 0.667. The molecule has 180 valence electrons. The van der Waals surface area contributed by atoms with Gasteiger partial charge in [-0.25, -0.2) is 4.99 Å². The van der Waals surface area contributed by atoms with E-state index < -0.39 is 0 Å². The largest absolute Gasteiger partial charge is 0.494 e. The predicted molar refractivity (Wildman–Crippen MR) is 139 cm³/mol. The quantitative estimate of drug-likeness (QED) is 0.259. The maximum Gasteiger partial charge on any atom is 0.222 e. The molecule has 1 aromatic carbocycles. The molecule has 1 saturated heterocycles. The molecule has 2 heterocycles. The van der Waals surface area contributed by atoms with Crippen LogP contribution in [0.1, 0.15) is 64.5 Å². The maximum absolute atomic E-state index is 12.1. The third-order valence-electron chi connectivity index (χ3n) is 5.92. The van der Waals surface area contributed by atoms with E-state index in [0.717, 1.165) is 68.3 Å². The Balaban J connectivity index is 0.00000363. The molecule has 0 aromatic heterocycles. The summed E-state index contributed by atoms with van der Waals surface area (Å²) in [6.07, 6.45) is 4.70. The first-order valence-electron chi connectivity index (χ1n) is 11.8. The van der Waals surface area contributed by atoms with Crippen molar-refractivity contribution in [2.75, 3.05) is 26.2 Å². The number of amides is 1. The summed E-state index contributed by atoms with van der Waals surface area (Å²) >= 11 is 0. The van der Waals surface area contributed by atoms with Crippen molar-refractivity contribution < 1.29 is 14.3 Å². The van der Waals surface area contributed by atoms with Gasteiger partial charge in [-0.2, -0.15) is 0 Å². The molecule has 0 saturated carbocycles. The van der Waals surface area contributed by atoms with Crippen molar-refractivity contribution in [3.63, 3.8) is 0 Å². The molecule has 2 aliphatic heterocycles. The maximum atomic E-state index is 12.1. The van der Waals surface area contributed by atoms with Crippen LogP contribution in [0, 0.1) is 0 Å². The molecule has 2 N–H and O–H groups in total. The molecular weight excluding hydrogens is 519 g/mol. The van der Waals surface area contributed by atoms with Crippen LogP contribution in [0.25, 0.3) is 0 Å². The number of ether oxygens (including phenoxy) is 2. The van der Waals surface area contributed by atoms with Gasteiger partial charge in [0.1, 0.15) is 17.6 Å². The van der Waals surface area contributed by atoms with Gasteiger partial charge < -0.3 is 25.0 Å². The van der Waals surface area contributed by atoms with Gasteiger partial charge in [0.15, 0.2) is 5.96 Å². The topological polar surface area (TPSA) is 75.2 Å². The van der Waals surface area contributed by atoms with Crippen molar-refractivity contribution in [2.45, 2.75) is 78.5 Å². The fourth-order valence-electron chi connectivity index (χ4n) is 4.39. The summed E-state index contributed by atoms with van der Waals surface area (Å²) in [6.45, 7) is 11.9. The lowest BCUT2D eigenvalue weighted by atomic mass is 10.1. The molecule has 0 bridgehead atoms. The molecule has 1 amide bonds. The molecule has 32 heavy (non-hydrogen) atoms. The van der Waals surface area contributed by atoms with E-state index >= 15 is 0 Å². The molecule has 2 unspecified atom stereocenters. The third kappa shape index (κ3) is 6.89. The minimum Gasteiger partial charge on any atom is -0.494 e. The van der Waals surface area contributed by atoms with Crippen LogP contribution in [0.3, 0.4) is 0 Å². The first-order valence-corrected chi connectivity index (χ1v) is 11.8. The van der Waals surface area contributed by atoms with Gasteiger partial charge in [-0.05, 0) is 52.2 Å². The molecule has 0 spiro atoms. The number of fused-ring (bicyclic) bond motifs is 1.